The lowest BCUT2D eigenvalue weighted by Gasteiger charge is -2.16. The molecule has 188 valence electrons. The number of imidazole rings is 1. The summed E-state index contributed by atoms with van der Waals surface area (Å²) in [6.07, 6.45) is 6.62. The van der Waals surface area contributed by atoms with Crippen molar-refractivity contribution in [2.75, 3.05) is 18.4 Å². The zero-order chi connectivity index (χ0) is 25.2. The Hall–Kier alpha value is -2.85. The molecule has 0 spiro atoms. The highest BCUT2D eigenvalue weighted by Gasteiger charge is 2.28. The van der Waals surface area contributed by atoms with Crippen molar-refractivity contribution in [2.45, 2.75) is 76.7 Å². The zero-order valence-electron chi connectivity index (χ0n) is 20.9. The van der Waals surface area contributed by atoms with Gasteiger partial charge in [-0.25, -0.2) is 23.4 Å². The summed E-state index contributed by atoms with van der Waals surface area (Å²) in [5.74, 6) is 1.34. The zero-order valence-corrected chi connectivity index (χ0v) is 21.7. The van der Waals surface area contributed by atoms with Crippen LogP contribution in [0.1, 0.15) is 65.0 Å². The van der Waals surface area contributed by atoms with Crippen LogP contribution in [0.15, 0.2) is 35.5 Å². The molecule has 0 aliphatic carbocycles. The summed E-state index contributed by atoms with van der Waals surface area (Å²) in [5.41, 5.74) is 1.92. The fraction of sp³-hybridized carbons (Fsp3) is 0.520. The number of nitrogens with one attached hydrogen (secondary N) is 1. The van der Waals surface area contributed by atoms with Gasteiger partial charge in [-0.3, -0.25) is 4.79 Å². The van der Waals surface area contributed by atoms with E-state index < -0.39 is 10.0 Å². The highest BCUT2D eigenvalue weighted by atomic mass is 32.2. The van der Waals surface area contributed by atoms with Crippen molar-refractivity contribution < 1.29 is 13.2 Å². The van der Waals surface area contributed by atoms with E-state index in [0.717, 1.165) is 43.0 Å². The number of aryl methyl sites for hydroxylation is 2. The minimum absolute atomic E-state index is 0.149. The normalized spacial score (nSPS) is 15.1. The molecule has 35 heavy (non-hydrogen) atoms. The van der Waals surface area contributed by atoms with E-state index in [0.29, 0.717) is 30.7 Å². The number of amides is 1. The number of hydrogen-bond donors (Lipinski definition) is 1. The molecule has 1 aliphatic rings. The highest BCUT2D eigenvalue weighted by Crippen LogP contribution is 2.26. The number of aromatic nitrogens is 4. The van der Waals surface area contributed by atoms with Gasteiger partial charge in [0.15, 0.2) is 0 Å². The second kappa shape index (κ2) is 10.0. The Morgan fingerprint density at radius 1 is 1.11 bits per heavy atom. The molecule has 9 nitrogen and oxygen atoms in total. The summed E-state index contributed by atoms with van der Waals surface area (Å²) in [7, 11) is -3.51. The van der Waals surface area contributed by atoms with Crippen LogP contribution >= 0.6 is 0 Å². The smallest absolute Gasteiger partial charge is 0.243 e. The number of carbonyl (C=O) groups excluding carboxylic acids is 1. The van der Waals surface area contributed by atoms with Crippen molar-refractivity contribution in [1.82, 2.24) is 23.8 Å². The summed E-state index contributed by atoms with van der Waals surface area (Å²) in [5, 5.41) is 2.85. The van der Waals surface area contributed by atoms with Crippen molar-refractivity contribution in [3.05, 3.63) is 42.2 Å². The molecule has 1 fully saturated rings. The molecule has 1 aromatic carbocycles. The van der Waals surface area contributed by atoms with E-state index in [-0.39, 0.29) is 22.6 Å². The summed E-state index contributed by atoms with van der Waals surface area (Å²) in [6.45, 7) is 10.1. The Bertz CT molecular complexity index is 1300. The maximum absolute atomic E-state index is 13.0. The van der Waals surface area contributed by atoms with Crippen LogP contribution in [0, 0.1) is 0 Å². The third-order valence-corrected chi connectivity index (χ3v) is 8.03. The maximum atomic E-state index is 13.0. The van der Waals surface area contributed by atoms with Gasteiger partial charge in [0.05, 0.1) is 34.0 Å². The van der Waals surface area contributed by atoms with Gasteiger partial charge in [0.25, 0.3) is 0 Å². The molecule has 1 amide bonds. The van der Waals surface area contributed by atoms with Gasteiger partial charge in [0, 0.05) is 37.9 Å². The molecular weight excluding hydrogens is 464 g/mol. The first-order valence-electron chi connectivity index (χ1n) is 12.2. The van der Waals surface area contributed by atoms with Crippen LogP contribution in [-0.2, 0) is 33.2 Å². The van der Waals surface area contributed by atoms with Crippen LogP contribution in [0.4, 0.5) is 5.69 Å². The third-order valence-electron chi connectivity index (χ3n) is 6.13. The first kappa shape index (κ1) is 25.2. The SMILES string of the molecule is CCCn1c(CCC(=O)Nc2cnc(C(C)(C)C)nc2)nc2cc(S(=O)(=O)N3CCCC3)ccc21. The number of rotatable bonds is 8. The Morgan fingerprint density at radius 3 is 2.43 bits per heavy atom. The Morgan fingerprint density at radius 2 is 1.80 bits per heavy atom. The van der Waals surface area contributed by atoms with Gasteiger partial charge < -0.3 is 9.88 Å². The monoisotopic (exact) mass is 498 g/mol. The molecule has 4 rings (SSSR count). The van der Waals surface area contributed by atoms with Crippen LogP contribution in [0.5, 0.6) is 0 Å². The van der Waals surface area contributed by atoms with E-state index in [1.54, 1.807) is 28.8 Å². The van der Waals surface area contributed by atoms with Crippen LogP contribution < -0.4 is 5.32 Å². The fourth-order valence-electron chi connectivity index (χ4n) is 4.29. The summed E-state index contributed by atoms with van der Waals surface area (Å²) >= 11 is 0. The second-order valence-electron chi connectivity index (χ2n) is 10.0. The molecule has 10 heteroatoms. The molecular formula is C25H34N6O3S. The lowest BCUT2D eigenvalue weighted by atomic mass is 9.96. The Kier molecular flexibility index (Phi) is 7.23. The predicted molar refractivity (Wildman–Crippen MR) is 136 cm³/mol. The van der Waals surface area contributed by atoms with Gasteiger partial charge in [0.1, 0.15) is 11.6 Å². The van der Waals surface area contributed by atoms with E-state index in [1.807, 2.05) is 26.8 Å². The summed E-state index contributed by atoms with van der Waals surface area (Å²) in [6, 6.07) is 5.16. The number of carbonyl (C=O) groups is 1. The van der Waals surface area contributed by atoms with E-state index in [4.69, 9.17) is 4.98 Å². The van der Waals surface area contributed by atoms with Crippen molar-refractivity contribution >= 4 is 32.7 Å². The van der Waals surface area contributed by atoms with Gasteiger partial charge >= 0.3 is 0 Å². The van der Waals surface area contributed by atoms with E-state index in [9.17, 15) is 13.2 Å². The third kappa shape index (κ3) is 5.54. The second-order valence-corrected chi connectivity index (χ2v) is 12.0. The van der Waals surface area contributed by atoms with Crippen molar-refractivity contribution in [3.63, 3.8) is 0 Å². The maximum Gasteiger partial charge on any atom is 0.243 e. The first-order valence-corrected chi connectivity index (χ1v) is 13.7. The Labute approximate surface area is 207 Å². The van der Waals surface area contributed by atoms with Gasteiger partial charge in [0.2, 0.25) is 15.9 Å². The average Bonchev–Trinajstić information content (AvgIpc) is 3.47. The summed E-state index contributed by atoms with van der Waals surface area (Å²) < 4.78 is 29.6. The minimum Gasteiger partial charge on any atom is -0.328 e. The lowest BCUT2D eigenvalue weighted by molar-refractivity contribution is -0.116. The van der Waals surface area contributed by atoms with Crippen LogP contribution in [0.3, 0.4) is 0 Å². The molecule has 1 saturated heterocycles. The molecule has 0 atom stereocenters. The van der Waals surface area contributed by atoms with Gasteiger partial charge in [-0.05, 0) is 37.5 Å². The van der Waals surface area contributed by atoms with Gasteiger partial charge in [-0.15, -0.1) is 0 Å². The van der Waals surface area contributed by atoms with Crippen molar-refractivity contribution in [3.8, 4) is 0 Å². The van der Waals surface area contributed by atoms with Gasteiger partial charge in [-0.2, -0.15) is 4.31 Å². The largest absolute Gasteiger partial charge is 0.328 e. The van der Waals surface area contributed by atoms with Crippen LogP contribution in [-0.4, -0.2) is 51.2 Å². The lowest BCUT2D eigenvalue weighted by Crippen LogP contribution is -2.27. The molecule has 0 unspecified atom stereocenters. The highest BCUT2D eigenvalue weighted by molar-refractivity contribution is 7.89. The van der Waals surface area contributed by atoms with Crippen molar-refractivity contribution in [1.29, 1.82) is 0 Å². The van der Waals surface area contributed by atoms with E-state index in [2.05, 4.69) is 26.8 Å². The molecule has 1 aliphatic heterocycles. The molecule has 0 radical (unpaired) electrons. The predicted octanol–water partition coefficient (Wildman–Crippen LogP) is 3.89. The molecule has 2 aromatic heterocycles. The fourth-order valence-corrected chi connectivity index (χ4v) is 5.83. The number of sulfonamides is 1. The number of benzene rings is 1. The van der Waals surface area contributed by atoms with Crippen molar-refractivity contribution in [2.24, 2.45) is 0 Å². The minimum atomic E-state index is -3.51. The standard InChI is InChI=1S/C25H34N6O3S/c1-5-12-31-21-9-8-19(35(33,34)30-13-6-7-14-30)15-20(21)29-22(31)10-11-23(32)28-18-16-26-24(27-17-18)25(2,3)4/h8-9,15-17H,5-7,10-14H2,1-4H3,(H,28,32). The molecule has 0 saturated carbocycles. The Balaban J connectivity index is 1.50. The number of nitrogens with zero attached hydrogens (tertiary/aromatic N) is 5. The summed E-state index contributed by atoms with van der Waals surface area (Å²) in [4.78, 5) is 26.3. The quantitative estimate of drug-likeness (QED) is 0.505. The number of anilines is 1. The number of hydrogen-bond acceptors (Lipinski definition) is 6. The molecule has 3 aromatic rings. The van der Waals surface area contributed by atoms with E-state index >= 15 is 0 Å². The van der Waals surface area contributed by atoms with Crippen LogP contribution in [0.2, 0.25) is 0 Å². The van der Waals surface area contributed by atoms with Crippen LogP contribution in [0.25, 0.3) is 11.0 Å². The van der Waals surface area contributed by atoms with Gasteiger partial charge in [-0.1, -0.05) is 27.7 Å². The average molecular weight is 499 g/mol. The molecule has 0 bridgehead atoms. The first-order chi connectivity index (χ1) is 16.6. The number of fused-ring (bicyclic) bond motifs is 1. The van der Waals surface area contributed by atoms with E-state index in [1.165, 1.54) is 0 Å². The molecule has 1 N–H and O–H groups in total. The molecule has 3 heterocycles. The topological polar surface area (TPSA) is 110 Å².